The van der Waals surface area contributed by atoms with Crippen molar-refractivity contribution in [3.63, 3.8) is 0 Å². The summed E-state index contributed by atoms with van der Waals surface area (Å²) in [7, 11) is 6.62. The van der Waals surface area contributed by atoms with E-state index < -0.39 is 61.5 Å². The molecule has 0 aliphatic rings. The summed E-state index contributed by atoms with van der Waals surface area (Å²) in [6.45, 7) is -0.265. The van der Waals surface area contributed by atoms with Crippen LogP contribution in [0.2, 0.25) is 0 Å². The lowest BCUT2D eigenvalue weighted by Gasteiger charge is -2.15. The Labute approximate surface area is 410 Å². The second-order valence-corrected chi connectivity index (χ2v) is 16.0. The minimum atomic E-state index is -4.46. The zero-order valence-electron chi connectivity index (χ0n) is 39.4. The first-order valence-electron chi connectivity index (χ1n) is 21.7. The van der Waals surface area contributed by atoms with Crippen LogP contribution >= 0.6 is 0 Å². The predicted molar refractivity (Wildman–Crippen MR) is 249 cm³/mol. The van der Waals surface area contributed by atoms with Crippen LogP contribution in [0.3, 0.4) is 0 Å². The molecule has 0 aliphatic heterocycles. The Hall–Kier alpha value is -8.70. The highest BCUT2D eigenvalue weighted by atomic mass is 19.4. The normalized spacial score (nSPS) is 11.5. The Morgan fingerprint density at radius 1 is 0.534 bits per heavy atom. The van der Waals surface area contributed by atoms with Gasteiger partial charge in [-0.05, 0) is 59.7 Å². The lowest BCUT2D eigenvalue weighted by Crippen LogP contribution is -2.12. The molecule has 0 amide bonds. The number of carboxylic acid groups (broad SMARTS) is 1. The lowest BCUT2D eigenvalue weighted by atomic mass is 10.0. The zero-order chi connectivity index (χ0) is 52.8. The molecule has 6 aromatic heterocycles. The quantitative estimate of drug-likeness (QED) is 0.0484. The molecule has 0 unspecified atom stereocenters. The van der Waals surface area contributed by atoms with E-state index in [1.807, 2.05) is 22.6 Å². The number of aromatic nitrogens is 8. The number of imidazole rings is 2. The monoisotopic (exact) mass is 1020 g/mol. The van der Waals surface area contributed by atoms with Crippen LogP contribution in [0, 0.1) is 0 Å². The predicted octanol–water partition coefficient (Wildman–Crippen LogP) is 9.07. The van der Waals surface area contributed by atoms with Crippen LogP contribution in [-0.2, 0) is 27.4 Å². The number of carbonyl (C=O) groups excluding carboxylic acids is 3. The molecular weight excluding hydrogens is 975 g/mol. The number of methoxy groups -OCH3 is 5. The van der Waals surface area contributed by atoms with Gasteiger partial charge in [-0.3, -0.25) is 37.3 Å². The molecule has 8 rings (SSSR count). The fraction of sp³-hybridized carbons (Fsp3) is 0.265. The van der Waals surface area contributed by atoms with Gasteiger partial charge in [0.15, 0.2) is 11.6 Å². The van der Waals surface area contributed by atoms with E-state index >= 15 is 0 Å². The van der Waals surface area contributed by atoms with Crippen LogP contribution in [0.5, 0.6) is 23.0 Å². The van der Waals surface area contributed by atoms with Crippen molar-refractivity contribution in [1.29, 1.82) is 0 Å². The minimum Gasteiger partial charge on any atom is -0.496 e. The number of halogens is 6. The number of benzene rings is 2. The maximum Gasteiger partial charge on any atom is 0.389 e. The summed E-state index contributed by atoms with van der Waals surface area (Å²) in [6, 6.07) is 13.5. The summed E-state index contributed by atoms with van der Waals surface area (Å²) in [4.78, 5) is 56.4. The van der Waals surface area contributed by atoms with Crippen molar-refractivity contribution >= 4 is 34.8 Å². The number of alkyl halides is 6. The van der Waals surface area contributed by atoms with E-state index in [4.69, 9.17) is 24.1 Å². The minimum absolute atomic E-state index is 0.00929. The third-order valence-electron chi connectivity index (χ3n) is 11.2. The molecule has 0 fully saturated rings. The first-order valence-corrected chi connectivity index (χ1v) is 21.7. The topological polar surface area (TPSA) is 205 Å². The summed E-state index contributed by atoms with van der Waals surface area (Å²) in [6.07, 6.45) is 0.478. The molecule has 0 aliphatic carbocycles. The van der Waals surface area contributed by atoms with Crippen molar-refractivity contribution in [2.45, 2.75) is 51.1 Å². The van der Waals surface area contributed by atoms with Crippen LogP contribution in [0.1, 0.15) is 46.4 Å². The number of esters is 1. The van der Waals surface area contributed by atoms with Crippen molar-refractivity contribution < 1.29 is 74.3 Å². The third-order valence-corrected chi connectivity index (χ3v) is 11.2. The number of carboxylic acids is 1. The third kappa shape index (κ3) is 12.3. The number of fused-ring (bicyclic) bond motifs is 2. The number of ketones is 2. The van der Waals surface area contributed by atoms with Crippen LogP contribution in [-0.4, -0.2) is 115 Å². The van der Waals surface area contributed by atoms with Gasteiger partial charge in [0.2, 0.25) is 0 Å². The second-order valence-electron chi connectivity index (χ2n) is 16.0. The smallest absolute Gasteiger partial charge is 0.389 e. The molecule has 0 bridgehead atoms. The first-order chi connectivity index (χ1) is 34.7. The van der Waals surface area contributed by atoms with Gasteiger partial charge in [0.05, 0.1) is 84.6 Å². The maximum absolute atomic E-state index is 12.7. The van der Waals surface area contributed by atoms with Gasteiger partial charge in [0.25, 0.3) is 0 Å². The Balaban J connectivity index is 0.000000214. The second kappa shape index (κ2) is 21.7. The van der Waals surface area contributed by atoms with Crippen LogP contribution in [0.25, 0.3) is 56.1 Å². The zero-order valence-corrected chi connectivity index (χ0v) is 39.4. The van der Waals surface area contributed by atoms with Crippen molar-refractivity contribution in [3.05, 3.63) is 109 Å². The van der Waals surface area contributed by atoms with Crippen LogP contribution in [0.4, 0.5) is 26.3 Å². The summed E-state index contributed by atoms with van der Waals surface area (Å²) < 4.78 is 108. The van der Waals surface area contributed by atoms with Crippen LogP contribution < -0.4 is 18.9 Å². The molecule has 0 saturated carbocycles. The van der Waals surface area contributed by atoms with Gasteiger partial charge in [-0.1, -0.05) is 0 Å². The van der Waals surface area contributed by atoms with Crippen molar-refractivity contribution in [2.24, 2.45) is 0 Å². The van der Waals surface area contributed by atoms with Gasteiger partial charge < -0.3 is 28.8 Å². The molecule has 8 aromatic rings. The molecule has 24 heteroatoms. The molecular formula is C49H44F6N8O10. The number of hydrogen-bond donors (Lipinski definition) is 1. The maximum atomic E-state index is 12.7. The van der Waals surface area contributed by atoms with E-state index in [-0.39, 0.29) is 47.2 Å². The van der Waals surface area contributed by atoms with Gasteiger partial charge in [0, 0.05) is 59.9 Å². The van der Waals surface area contributed by atoms with E-state index in [9.17, 15) is 45.5 Å². The number of hydrogen-bond acceptors (Lipinski definition) is 13. The SMILES string of the molecule is COC(=O)Cn1cc(-c2ccn3c(-c4cc(OC)c(C(=O)CCC(F)(F)F)c(OC)c4)cnc3c2)cn1.COc1cc(-c2cnc3cc(-c4cnn(CC(=O)O)c4)ccn23)cc(OC)c1C(=O)CCC(F)(F)F. The fourth-order valence-corrected chi connectivity index (χ4v) is 7.71. The van der Waals surface area contributed by atoms with Gasteiger partial charge in [-0.25, -0.2) is 9.97 Å². The highest BCUT2D eigenvalue weighted by molar-refractivity contribution is 6.03. The molecule has 0 radical (unpaired) electrons. The summed E-state index contributed by atoms with van der Waals surface area (Å²) >= 11 is 0. The standard InChI is InChI=1S/C25H23F3N4O5.C24H21F3N4O5/c1-35-20-8-16(9-21(36-2)24(20)19(33)4-6-25(26,27)28)18-12-29-22-10-15(5-7-32(18)22)17-11-30-31(13-17)14-23(34)37-3;1-35-19-7-15(8-20(36-2)23(19)18(32)3-5-24(25,26)27)17-11-28-21-9-14(4-6-31(17)21)16-10-29-30(12-16)13-22(33)34/h5,7-13H,4,6,14H2,1-3H3;4,6-12H,3,5,13H2,1-2H3,(H,33,34). The average molecular weight is 1020 g/mol. The Morgan fingerprint density at radius 2 is 0.918 bits per heavy atom. The van der Waals surface area contributed by atoms with Gasteiger partial charge in [-0.15, -0.1) is 0 Å². The molecule has 18 nitrogen and oxygen atoms in total. The fourth-order valence-electron chi connectivity index (χ4n) is 7.71. The highest BCUT2D eigenvalue weighted by Gasteiger charge is 2.32. The van der Waals surface area contributed by atoms with E-state index in [0.717, 1.165) is 16.7 Å². The van der Waals surface area contributed by atoms with E-state index in [0.29, 0.717) is 39.4 Å². The number of rotatable bonds is 18. The lowest BCUT2D eigenvalue weighted by molar-refractivity contribution is -0.141. The molecule has 2 aromatic carbocycles. The van der Waals surface area contributed by atoms with Crippen LogP contribution in [0.15, 0.2) is 98.1 Å². The van der Waals surface area contributed by atoms with Gasteiger partial charge in [0.1, 0.15) is 58.5 Å². The number of carbonyl (C=O) groups is 4. The van der Waals surface area contributed by atoms with E-state index in [1.165, 1.54) is 44.9 Å². The summed E-state index contributed by atoms with van der Waals surface area (Å²) in [5.41, 5.74) is 6.62. The Kier molecular flexibility index (Phi) is 15.5. The van der Waals surface area contributed by atoms with Gasteiger partial charge >= 0.3 is 24.3 Å². The molecule has 0 saturated heterocycles. The number of nitrogens with zero attached hydrogens (tertiary/aromatic N) is 8. The first kappa shape index (κ1) is 52.1. The number of ether oxygens (including phenoxy) is 5. The average Bonchev–Trinajstić information content (AvgIpc) is 4.20. The molecule has 0 atom stereocenters. The largest absolute Gasteiger partial charge is 0.496 e. The van der Waals surface area contributed by atoms with Gasteiger partial charge in [-0.2, -0.15) is 36.5 Å². The highest BCUT2D eigenvalue weighted by Crippen LogP contribution is 2.39. The molecule has 382 valence electrons. The molecule has 6 heterocycles. The molecule has 73 heavy (non-hydrogen) atoms. The number of pyridine rings is 2. The summed E-state index contributed by atoms with van der Waals surface area (Å²) in [5.74, 6) is -2.49. The molecule has 0 spiro atoms. The number of aliphatic carboxylic acids is 1. The van der Waals surface area contributed by atoms with E-state index in [2.05, 4.69) is 24.9 Å². The molecule has 1 N–H and O–H groups in total. The number of Topliss-reactive ketones (excluding diaryl/α,β-unsaturated/α-hetero) is 2. The van der Waals surface area contributed by atoms with Crippen molar-refractivity contribution in [3.8, 4) is 67.8 Å². The van der Waals surface area contributed by atoms with Crippen molar-refractivity contribution in [1.82, 2.24) is 38.3 Å². The Morgan fingerprint density at radius 3 is 1.26 bits per heavy atom. The Bertz CT molecular complexity index is 3290. The summed E-state index contributed by atoms with van der Waals surface area (Å²) in [5, 5.41) is 17.1. The van der Waals surface area contributed by atoms with E-state index in [1.54, 1.807) is 84.3 Å². The van der Waals surface area contributed by atoms with Crippen molar-refractivity contribution in [2.75, 3.05) is 35.5 Å².